The number of hydrogen-bond acceptors (Lipinski definition) is 1. The number of nitrogens with zero attached hydrogens (tertiary/aromatic N) is 1. The molecule has 0 aliphatic carbocycles. The van der Waals surface area contributed by atoms with Gasteiger partial charge in [-0.25, -0.2) is 0 Å². The molecule has 0 unspecified atom stereocenters. The first-order chi connectivity index (χ1) is 3.18. The van der Waals surface area contributed by atoms with Gasteiger partial charge in [0.25, 0.3) is 0 Å². The van der Waals surface area contributed by atoms with Crippen LogP contribution in [0.15, 0.2) is 0 Å². The van der Waals surface area contributed by atoms with E-state index in [2.05, 4.69) is 11.8 Å². The highest BCUT2D eigenvalue weighted by Gasteiger charge is 1.98. The second kappa shape index (κ2) is 3.28. The Kier molecular flexibility index (Phi) is 3.39. The van der Waals surface area contributed by atoms with Gasteiger partial charge in [0.1, 0.15) is 0 Å². The molecule has 0 spiro atoms. The molecular weight excluding hydrogens is 110 g/mol. The Morgan fingerprint density at radius 2 is 2.00 bits per heavy atom. The molecule has 0 radical (unpaired) electrons. The molecule has 0 rings (SSSR count). The number of alkyl halides is 1. The fourth-order valence-corrected chi connectivity index (χ4v) is 0.414. The van der Waals surface area contributed by atoms with Crippen molar-refractivity contribution < 1.29 is 0 Å². The van der Waals surface area contributed by atoms with Crippen molar-refractivity contribution in [3.05, 3.63) is 0 Å². The molecule has 0 saturated heterocycles. The molecule has 0 aromatic carbocycles. The Balaban J connectivity index is 3.14. The van der Waals surface area contributed by atoms with E-state index < -0.39 is 0 Å². The maximum Gasteiger partial charge on any atom is 0.0376 e. The summed E-state index contributed by atoms with van der Waals surface area (Å²) in [6.45, 7) is 2.09. The zero-order valence-corrected chi connectivity index (χ0v) is 5.87. The topological polar surface area (TPSA) is 3.24 Å². The molecule has 0 N–H and O–H groups in total. The van der Waals surface area contributed by atoms with Gasteiger partial charge in [-0.2, -0.15) is 0 Å². The lowest BCUT2D eigenvalue weighted by atomic mass is 10.4. The van der Waals surface area contributed by atoms with Crippen LogP contribution in [0.1, 0.15) is 6.92 Å². The molecule has 0 aliphatic rings. The average molecular weight is 122 g/mol. The Bertz CT molecular complexity index is 45.3. The van der Waals surface area contributed by atoms with Crippen molar-refractivity contribution in [3.63, 3.8) is 0 Å². The standard InChI is InChI=1S/C5H12ClN/c1-5(4-6)7(2)3/h5H,4H2,1-3H3/t5-/m0/s1. The van der Waals surface area contributed by atoms with Gasteiger partial charge in [0.2, 0.25) is 0 Å². The second-order valence-corrected chi connectivity index (χ2v) is 2.28. The fraction of sp³-hybridized carbons (Fsp3) is 1.00. The summed E-state index contributed by atoms with van der Waals surface area (Å²) in [6.07, 6.45) is 0. The van der Waals surface area contributed by atoms with Crippen LogP contribution < -0.4 is 0 Å². The van der Waals surface area contributed by atoms with Gasteiger partial charge in [0, 0.05) is 11.9 Å². The van der Waals surface area contributed by atoms with Crippen LogP contribution in [0.5, 0.6) is 0 Å². The molecule has 44 valence electrons. The van der Waals surface area contributed by atoms with Gasteiger partial charge < -0.3 is 4.90 Å². The molecule has 1 atom stereocenters. The van der Waals surface area contributed by atoms with E-state index in [1.165, 1.54) is 0 Å². The van der Waals surface area contributed by atoms with Crippen LogP contribution in [0, 0.1) is 0 Å². The third-order valence-electron chi connectivity index (χ3n) is 1.10. The monoisotopic (exact) mass is 121 g/mol. The summed E-state index contributed by atoms with van der Waals surface area (Å²) in [5, 5.41) is 0. The molecular formula is C5H12ClN. The van der Waals surface area contributed by atoms with Crippen LogP contribution in [-0.4, -0.2) is 30.9 Å². The quantitative estimate of drug-likeness (QED) is 0.496. The van der Waals surface area contributed by atoms with Crippen LogP contribution in [-0.2, 0) is 0 Å². The lowest BCUT2D eigenvalue weighted by Crippen LogP contribution is -2.25. The molecule has 0 amide bonds. The average Bonchev–Trinajstić information content (AvgIpc) is 1.65. The smallest absolute Gasteiger partial charge is 0.0376 e. The SMILES string of the molecule is C[C@@H](CCl)N(C)C. The lowest BCUT2D eigenvalue weighted by Gasteiger charge is -2.15. The fourth-order valence-electron chi connectivity index (χ4n) is 0.138. The normalized spacial score (nSPS) is 15.0. The number of rotatable bonds is 2. The maximum atomic E-state index is 5.51. The van der Waals surface area contributed by atoms with Gasteiger partial charge >= 0.3 is 0 Å². The summed E-state index contributed by atoms with van der Waals surface area (Å²) in [5.74, 6) is 0.715. The number of halogens is 1. The Hall–Kier alpha value is 0.250. The van der Waals surface area contributed by atoms with E-state index >= 15 is 0 Å². The molecule has 1 nitrogen and oxygen atoms in total. The summed E-state index contributed by atoms with van der Waals surface area (Å²) in [5.41, 5.74) is 0. The molecule has 7 heavy (non-hydrogen) atoms. The zero-order valence-electron chi connectivity index (χ0n) is 5.11. The van der Waals surface area contributed by atoms with Crippen molar-refractivity contribution >= 4 is 11.6 Å². The predicted molar refractivity (Wildman–Crippen MR) is 33.9 cm³/mol. The van der Waals surface area contributed by atoms with Crippen molar-refractivity contribution in [2.24, 2.45) is 0 Å². The van der Waals surface area contributed by atoms with Gasteiger partial charge in [-0.1, -0.05) is 0 Å². The summed E-state index contributed by atoms with van der Waals surface area (Å²) >= 11 is 5.51. The van der Waals surface area contributed by atoms with Crippen molar-refractivity contribution in [2.45, 2.75) is 13.0 Å². The Morgan fingerprint density at radius 1 is 1.57 bits per heavy atom. The summed E-state index contributed by atoms with van der Waals surface area (Å²) in [6, 6.07) is 0.502. The van der Waals surface area contributed by atoms with Gasteiger partial charge in [-0.05, 0) is 21.0 Å². The van der Waals surface area contributed by atoms with Crippen LogP contribution >= 0.6 is 11.6 Å². The summed E-state index contributed by atoms with van der Waals surface area (Å²) in [7, 11) is 4.04. The molecule has 0 aromatic rings. The highest BCUT2D eigenvalue weighted by Crippen LogP contribution is 1.91. The van der Waals surface area contributed by atoms with Gasteiger partial charge in [-0.15, -0.1) is 11.6 Å². The molecule has 0 heterocycles. The minimum absolute atomic E-state index is 0.502. The van der Waals surface area contributed by atoms with Crippen molar-refractivity contribution in [1.29, 1.82) is 0 Å². The molecule has 2 heteroatoms. The predicted octanol–water partition coefficient (Wildman–Crippen LogP) is 1.18. The highest BCUT2D eigenvalue weighted by atomic mass is 35.5. The van der Waals surface area contributed by atoms with E-state index in [4.69, 9.17) is 11.6 Å². The first kappa shape index (κ1) is 7.25. The van der Waals surface area contributed by atoms with Gasteiger partial charge in [0.15, 0.2) is 0 Å². The van der Waals surface area contributed by atoms with Gasteiger partial charge in [0.05, 0.1) is 0 Å². The molecule has 0 fully saturated rings. The third kappa shape index (κ3) is 2.89. The van der Waals surface area contributed by atoms with Crippen LogP contribution in [0.3, 0.4) is 0 Å². The molecule has 0 aliphatic heterocycles. The minimum atomic E-state index is 0.502. The van der Waals surface area contributed by atoms with E-state index in [9.17, 15) is 0 Å². The first-order valence-electron chi connectivity index (χ1n) is 2.41. The van der Waals surface area contributed by atoms with E-state index in [0.29, 0.717) is 11.9 Å². The van der Waals surface area contributed by atoms with Gasteiger partial charge in [-0.3, -0.25) is 0 Å². The summed E-state index contributed by atoms with van der Waals surface area (Å²) < 4.78 is 0. The molecule has 0 bridgehead atoms. The zero-order chi connectivity index (χ0) is 5.86. The van der Waals surface area contributed by atoms with E-state index in [1.807, 2.05) is 14.1 Å². The largest absolute Gasteiger partial charge is 0.306 e. The number of hydrogen-bond donors (Lipinski definition) is 0. The van der Waals surface area contributed by atoms with E-state index in [1.54, 1.807) is 0 Å². The van der Waals surface area contributed by atoms with Crippen molar-refractivity contribution in [2.75, 3.05) is 20.0 Å². The van der Waals surface area contributed by atoms with Crippen LogP contribution in [0.25, 0.3) is 0 Å². The Morgan fingerprint density at radius 3 is 2.00 bits per heavy atom. The Labute approximate surface area is 50.3 Å². The highest BCUT2D eigenvalue weighted by molar-refractivity contribution is 6.18. The maximum absolute atomic E-state index is 5.51. The van der Waals surface area contributed by atoms with Crippen molar-refractivity contribution in [3.8, 4) is 0 Å². The summed E-state index contributed by atoms with van der Waals surface area (Å²) in [4.78, 5) is 2.09. The van der Waals surface area contributed by atoms with Crippen LogP contribution in [0.4, 0.5) is 0 Å². The molecule has 0 aromatic heterocycles. The lowest BCUT2D eigenvalue weighted by molar-refractivity contribution is 0.338. The third-order valence-corrected chi connectivity index (χ3v) is 1.55. The van der Waals surface area contributed by atoms with E-state index in [-0.39, 0.29) is 0 Å². The minimum Gasteiger partial charge on any atom is -0.306 e. The molecule has 0 saturated carbocycles. The van der Waals surface area contributed by atoms with E-state index in [0.717, 1.165) is 0 Å². The van der Waals surface area contributed by atoms with Crippen LogP contribution in [0.2, 0.25) is 0 Å². The van der Waals surface area contributed by atoms with Crippen molar-refractivity contribution in [1.82, 2.24) is 4.90 Å². The first-order valence-corrected chi connectivity index (χ1v) is 2.94. The second-order valence-electron chi connectivity index (χ2n) is 1.97.